The van der Waals surface area contributed by atoms with Crippen LogP contribution in [0.3, 0.4) is 0 Å². The van der Waals surface area contributed by atoms with Gasteiger partial charge in [-0.2, -0.15) is 5.10 Å². The topological polar surface area (TPSA) is 51.8 Å². The maximum atomic E-state index is 4.53. The van der Waals surface area contributed by atoms with Gasteiger partial charge >= 0.3 is 0 Å². The molecule has 0 fully saturated rings. The van der Waals surface area contributed by atoms with E-state index in [0.717, 1.165) is 38.5 Å². The van der Waals surface area contributed by atoms with Crippen molar-refractivity contribution in [3.8, 4) is 0 Å². The van der Waals surface area contributed by atoms with Gasteiger partial charge in [-0.05, 0) is 23.8 Å². The smallest absolute Gasteiger partial charge is 0.122 e. The molecule has 0 radical (unpaired) electrons. The summed E-state index contributed by atoms with van der Waals surface area (Å²) in [7, 11) is 0. The van der Waals surface area contributed by atoms with Crippen LogP contribution in [0.2, 0.25) is 0 Å². The minimum Gasteiger partial charge on any atom is -0.333 e. The van der Waals surface area contributed by atoms with Gasteiger partial charge in [-0.25, -0.2) is 4.98 Å². The Labute approximate surface area is 135 Å². The fraction of sp³-hybridized carbons (Fsp3) is 0.353. The Morgan fingerprint density at radius 3 is 2.78 bits per heavy atom. The minimum atomic E-state index is 0.507. The Kier molecular flexibility index (Phi) is 3.90. The van der Waals surface area contributed by atoms with Crippen molar-refractivity contribution in [1.82, 2.24) is 29.2 Å². The van der Waals surface area contributed by atoms with Gasteiger partial charge in [0.05, 0.1) is 6.54 Å². The molecule has 0 bridgehead atoms. The van der Waals surface area contributed by atoms with Crippen molar-refractivity contribution in [2.24, 2.45) is 5.92 Å². The van der Waals surface area contributed by atoms with Crippen LogP contribution >= 0.6 is 0 Å². The number of imidazole rings is 1. The van der Waals surface area contributed by atoms with Gasteiger partial charge in [0.25, 0.3) is 0 Å². The highest BCUT2D eigenvalue weighted by molar-refractivity contribution is 5.10. The van der Waals surface area contributed by atoms with Crippen molar-refractivity contribution in [2.45, 2.75) is 26.2 Å². The van der Waals surface area contributed by atoms with Gasteiger partial charge in [-0.3, -0.25) is 14.6 Å². The molecule has 6 heteroatoms. The lowest BCUT2D eigenvalue weighted by atomic mass is 10.1. The first-order valence-electron chi connectivity index (χ1n) is 7.95. The molecule has 0 unspecified atom stereocenters. The van der Waals surface area contributed by atoms with E-state index >= 15 is 0 Å². The monoisotopic (exact) mass is 308 g/mol. The fourth-order valence-electron chi connectivity index (χ4n) is 3.28. The molecule has 0 saturated carbocycles. The van der Waals surface area contributed by atoms with Crippen LogP contribution < -0.4 is 0 Å². The zero-order valence-electron chi connectivity index (χ0n) is 13.0. The Bertz CT molecular complexity index is 734. The van der Waals surface area contributed by atoms with Crippen LogP contribution in [0.4, 0.5) is 0 Å². The van der Waals surface area contributed by atoms with Gasteiger partial charge in [0.15, 0.2) is 0 Å². The predicted molar refractivity (Wildman–Crippen MR) is 86.3 cm³/mol. The molecule has 0 spiro atoms. The molecule has 6 nitrogen and oxygen atoms in total. The average molecular weight is 308 g/mol. The molecule has 1 aliphatic heterocycles. The SMILES string of the molecule is c1cnn(C[C@H]2CN(Cc3ccncc3)Cc3nccn3C2)c1. The highest BCUT2D eigenvalue weighted by Gasteiger charge is 2.22. The quantitative estimate of drug-likeness (QED) is 0.737. The summed E-state index contributed by atoms with van der Waals surface area (Å²) >= 11 is 0. The average Bonchev–Trinajstić information content (AvgIpc) is 3.18. The molecule has 23 heavy (non-hydrogen) atoms. The van der Waals surface area contributed by atoms with E-state index in [0.29, 0.717) is 5.92 Å². The molecule has 4 heterocycles. The first-order chi connectivity index (χ1) is 11.4. The summed E-state index contributed by atoms with van der Waals surface area (Å²) in [6.07, 6.45) is 11.6. The first-order valence-corrected chi connectivity index (χ1v) is 7.95. The Hall–Kier alpha value is -2.47. The number of pyridine rings is 1. The summed E-state index contributed by atoms with van der Waals surface area (Å²) in [4.78, 5) is 11.1. The second kappa shape index (κ2) is 6.34. The molecule has 1 aliphatic rings. The second-order valence-corrected chi connectivity index (χ2v) is 6.12. The van der Waals surface area contributed by atoms with Crippen molar-refractivity contribution < 1.29 is 0 Å². The molecule has 0 N–H and O–H groups in total. The molecular weight excluding hydrogens is 288 g/mol. The summed E-state index contributed by atoms with van der Waals surface area (Å²) in [6, 6.07) is 6.15. The lowest BCUT2D eigenvalue weighted by molar-refractivity contribution is 0.205. The lowest BCUT2D eigenvalue weighted by Gasteiger charge is -2.23. The lowest BCUT2D eigenvalue weighted by Crippen LogP contribution is -2.30. The largest absolute Gasteiger partial charge is 0.333 e. The van der Waals surface area contributed by atoms with E-state index in [1.165, 1.54) is 5.56 Å². The summed E-state index contributed by atoms with van der Waals surface area (Å²) < 4.78 is 4.30. The molecular formula is C17H20N6. The van der Waals surface area contributed by atoms with Crippen LogP contribution in [-0.2, 0) is 26.2 Å². The molecule has 0 amide bonds. The zero-order valence-corrected chi connectivity index (χ0v) is 13.0. The molecule has 3 aromatic heterocycles. The van der Waals surface area contributed by atoms with Crippen molar-refractivity contribution in [3.05, 3.63) is 66.8 Å². The van der Waals surface area contributed by atoms with Gasteiger partial charge in [0, 0.05) is 69.3 Å². The normalized spacial score (nSPS) is 18.5. The van der Waals surface area contributed by atoms with Crippen molar-refractivity contribution in [3.63, 3.8) is 0 Å². The maximum Gasteiger partial charge on any atom is 0.122 e. The molecule has 3 aromatic rings. The molecule has 0 aromatic carbocycles. The molecule has 0 saturated heterocycles. The highest BCUT2D eigenvalue weighted by Crippen LogP contribution is 2.18. The van der Waals surface area contributed by atoms with E-state index in [1.807, 2.05) is 41.7 Å². The van der Waals surface area contributed by atoms with E-state index in [9.17, 15) is 0 Å². The van der Waals surface area contributed by atoms with Crippen LogP contribution in [0.15, 0.2) is 55.4 Å². The number of aromatic nitrogens is 5. The third-order valence-electron chi connectivity index (χ3n) is 4.30. The molecule has 118 valence electrons. The molecule has 4 rings (SSSR count). The van der Waals surface area contributed by atoms with E-state index in [1.54, 1.807) is 0 Å². The van der Waals surface area contributed by atoms with Crippen LogP contribution in [0.5, 0.6) is 0 Å². The number of hydrogen-bond donors (Lipinski definition) is 0. The van der Waals surface area contributed by atoms with Crippen molar-refractivity contribution in [2.75, 3.05) is 6.54 Å². The van der Waals surface area contributed by atoms with Crippen molar-refractivity contribution in [1.29, 1.82) is 0 Å². The van der Waals surface area contributed by atoms with Crippen LogP contribution in [0.25, 0.3) is 0 Å². The van der Waals surface area contributed by atoms with E-state index < -0.39 is 0 Å². The molecule has 1 atom stereocenters. The Morgan fingerprint density at radius 1 is 1.04 bits per heavy atom. The number of hydrogen-bond acceptors (Lipinski definition) is 4. The van der Waals surface area contributed by atoms with Gasteiger partial charge in [-0.1, -0.05) is 0 Å². The number of fused-ring (bicyclic) bond motifs is 1. The summed E-state index contributed by atoms with van der Waals surface area (Å²) in [5, 5.41) is 4.36. The Balaban J connectivity index is 1.54. The highest BCUT2D eigenvalue weighted by atomic mass is 15.3. The van der Waals surface area contributed by atoms with E-state index in [4.69, 9.17) is 0 Å². The summed E-state index contributed by atoms with van der Waals surface area (Å²) in [5.74, 6) is 1.65. The fourth-order valence-corrected chi connectivity index (χ4v) is 3.28. The standard InChI is InChI=1S/C17H20N6/c1-4-20-23(8-1)13-16-11-21(10-15-2-5-18-6-3-15)14-17-19-7-9-22(17)12-16/h1-9,16H,10-14H2/t16-/m0/s1. The van der Waals surface area contributed by atoms with Crippen LogP contribution in [0, 0.1) is 5.92 Å². The van der Waals surface area contributed by atoms with E-state index in [-0.39, 0.29) is 0 Å². The van der Waals surface area contributed by atoms with Crippen LogP contribution in [-0.4, -0.2) is 35.8 Å². The second-order valence-electron chi connectivity index (χ2n) is 6.12. The number of rotatable bonds is 4. The van der Waals surface area contributed by atoms with Crippen LogP contribution in [0.1, 0.15) is 11.4 Å². The number of nitrogens with zero attached hydrogens (tertiary/aromatic N) is 6. The van der Waals surface area contributed by atoms with Gasteiger partial charge in [-0.15, -0.1) is 0 Å². The van der Waals surface area contributed by atoms with Crippen molar-refractivity contribution >= 4 is 0 Å². The minimum absolute atomic E-state index is 0.507. The molecule has 0 aliphatic carbocycles. The third kappa shape index (κ3) is 3.32. The van der Waals surface area contributed by atoms with Gasteiger partial charge in [0.1, 0.15) is 5.82 Å². The van der Waals surface area contributed by atoms with Gasteiger partial charge < -0.3 is 4.57 Å². The van der Waals surface area contributed by atoms with Gasteiger partial charge in [0.2, 0.25) is 0 Å². The third-order valence-corrected chi connectivity index (χ3v) is 4.30. The summed E-state index contributed by atoms with van der Waals surface area (Å²) in [5.41, 5.74) is 1.29. The van der Waals surface area contributed by atoms with E-state index in [2.05, 4.69) is 42.9 Å². The Morgan fingerprint density at radius 2 is 1.96 bits per heavy atom. The first kappa shape index (κ1) is 14.1. The predicted octanol–water partition coefficient (Wildman–Crippen LogP) is 1.81. The zero-order chi connectivity index (χ0) is 15.5. The maximum absolute atomic E-state index is 4.53. The summed E-state index contributed by atoms with van der Waals surface area (Å²) in [6.45, 7) is 4.75.